The van der Waals surface area contributed by atoms with Crippen LogP contribution in [0.2, 0.25) is 0 Å². The van der Waals surface area contributed by atoms with E-state index in [0.717, 1.165) is 24.3 Å². The van der Waals surface area contributed by atoms with Crippen LogP contribution in [-0.2, 0) is 9.84 Å². The van der Waals surface area contributed by atoms with Crippen molar-refractivity contribution >= 4 is 9.84 Å². The van der Waals surface area contributed by atoms with E-state index < -0.39 is 21.5 Å². The molecule has 3 aromatic carbocycles. The minimum Gasteiger partial charge on any atom is -0.507 e. The molecule has 3 rings (SSSR count). The van der Waals surface area contributed by atoms with Gasteiger partial charge in [-0.05, 0) is 48.5 Å². The number of hydrogen-bond donors (Lipinski definition) is 1. The standard InChI is InChI=1S/C18H12F2O3S/c19-12-6-9-18(21)16(10-12)15-8-7-14(11-17(15)20)24(22,23)13-4-2-1-3-5-13/h1-11,21H. The third-order valence-electron chi connectivity index (χ3n) is 3.55. The smallest absolute Gasteiger partial charge is 0.206 e. The molecule has 0 aliphatic carbocycles. The number of phenolic OH excluding ortho intramolecular Hbond substituents is 1. The number of phenols is 1. The van der Waals surface area contributed by atoms with Gasteiger partial charge in [-0.25, -0.2) is 17.2 Å². The molecule has 0 atom stereocenters. The predicted octanol–water partition coefficient (Wildman–Crippen LogP) is 4.17. The van der Waals surface area contributed by atoms with Gasteiger partial charge in [-0.1, -0.05) is 18.2 Å². The van der Waals surface area contributed by atoms with Crippen LogP contribution in [0.1, 0.15) is 0 Å². The second-order valence-corrected chi connectivity index (χ2v) is 7.07. The van der Waals surface area contributed by atoms with Crippen molar-refractivity contribution in [1.29, 1.82) is 0 Å². The fourth-order valence-corrected chi connectivity index (χ4v) is 3.63. The van der Waals surface area contributed by atoms with Crippen LogP contribution in [0, 0.1) is 11.6 Å². The highest BCUT2D eigenvalue weighted by atomic mass is 32.2. The molecule has 0 fully saturated rings. The summed E-state index contributed by atoms with van der Waals surface area (Å²) in [6.07, 6.45) is 0. The zero-order valence-electron chi connectivity index (χ0n) is 12.3. The summed E-state index contributed by atoms with van der Waals surface area (Å²) in [6.45, 7) is 0. The Balaban J connectivity index is 2.10. The van der Waals surface area contributed by atoms with Gasteiger partial charge < -0.3 is 5.11 Å². The van der Waals surface area contributed by atoms with Gasteiger partial charge in [0.2, 0.25) is 9.84 Å². The third-order valence-corrected chi connectivity index (χ3v) is 5.32. The van der Waals surface area contributed by atoms with Crippen molar-refractivity contribution in [3.8, 4) is 16.9 Å². The van der Waals surface area contributed by atoms with E-state index in [1.54, 1.807) is 18.2 Å². The summed E-state index contributed by atoms with van der Waals surface area (Å²) in [5, 5.41) is 9.77. The molecule has 1 N–H and O–H groups in total. The van der Waals surface area contributed by atoms with Crippen LogP contribution >= 0.6 is 0 Å². The Morgan fingerprint density at radius 1 is 0.750 bits per heavy atom. The molecule has 0 aromatic heterocycles. The Kier molecular flexibility index (Phi) is 4.07. The van der Waals surface area contributed by atoms with Gasteiger partial charge in [-0.3, -0.25) is 0 Å². The van der Waals surface area contributed by atoms with Crippen molar-refractivity contribution in [2.24, 2.45) is 0 Å². The summed E-state index contributed by atoms with van der Waals surface area (Å²) in [6, 6.07) is 14.1. The minimum atomic E-state index is -3.86. The van der Waals surface area contributed by atoms with E-state index in [1.807, 2.05) is 0 Å². The largest absolute Gasteiger partial charge is 0.507 e. The van der Waals surface area contributed by atoms with Crippen LogP contribution in [0.4, 0.5) is 8.78 Å². The van der Waals surface area contributed by atoms with E-state index in [2.05, 4.69) is 0 Å². The van der Waals surface area contributed by atoms with Gasteiger partial charge in [0.25, 0.3) is 0 Å². The molecule has 24 heavy (non-hydrogen) atoms. The van der Waals surface area contributed by atoms with Crippen LogP contribution < -0.4 is 0 Å². The Labute approximate surface area is 137 Å². The second kappa shape index (κ2) is 6.05. The van der Waals surface area contributed by atoms with Crippen molar-refractivity contribution in [2.75, 3.05) is 0 Å². The van der Waals surface area contributed by atoms with E-state index in [9.17, 15) is 22.3 Å². The SMILES string of the molecule is O=S(=O)(c1ccccc1)c1ccc(-c2cc(F)ccc2O)c(F)c1. The first-order chi connectivity index (χ1) is 11.4. The Bertz CT molecular complexity index is 1000. The number of benzene rings is 3. The van der Waals surface area contributed by atoms with Crippen LogP contribution in [0.25, 0.3) is 11.1 Å². The molecule has 0 aliphatic heterocycles. The van der Waals surface area contributed by atoms with Crippen LogP contribution in [0.3, 0.4) is 0 Å². The quantitative estimate of drug-likeness (QED) is 0.774. The monoisotopic (exact) mass is 346 g/mol. The first-order valence-electron chi connectivity index (χ1n) is 6.98. The molecular formula is C18H12F2O3S. The van der Waals surface area contributed by atoms with E-state index in [0.29, 0.717) is 0 Å². The molecule has 122 valence electrons. The first-order valence-corrected chi connectivity index (χ1v) is 8.46. The predicted molar refractivity (Wildman–Crippen MR) is 85.4 cm³/mol. The Hall–Kier alpha value is -2.73. The van der Waals surface area contributed by atoms with Gasteiger partial charge in [-0.2, -0.15) is 0 Å². The lowest BCUT2D eigenvalue weighted by Gasteiger charge is -2.09. The molecule has 0 saturated heterocycles. The number of aromatic hydroxyl groups is 1. The second-order valence-electron chi connectivity index (χ2n) is 5.12. The molecule has 3 nitrogen and oxygen atoms in total. The summed E-state index contributed by atoms with van der Waals surface area (Å²) >= 11 is 0. The molecule has 0 spiro atoms. The zero-order valence-corrected chi connectivity index (χ0v) is 13.1. The summed E-state index contributed by atoms with van der Waals surface area (Å²) in [5.74, 6) is -1.80. The average molecular weight is 346 g/mol. The fraction of sp³-hybridized carbons (Fsp3) is 0. The summed E-state index contributed by atoms with van der Waals surface area (Å²) in [5.41, 5.74) is -0.129. The van der Waals surface area contributed by atoms with Crippen LogP contribution in [0.5, 0.6) is 5.75 Å². The normalized spacial score (nSPS) is 11.4. The Morgan fingerprint density at radius 3 is 2.12 bits per heavy atom. The van der Waals surface area contributed by atoms with Crippen molar-refractivity contribution < 1.29 is 22.3 Å². The van der Waals surface area contributed by atoms with Gasteiger partial charge >= 0.3 is 0 Å². The average Bonchev–Trinajstić information content (AvgIpc) is 2.58. The van der Waals surface area contributed by atoms with E-state index >= 15 is 0 Å². The van der Waals surface area contributed by atoms with E-state index in [4.69, 9.17) is 0 Å². The van der Waals surface area contributed by atoms with Crippen molar-refractivity contribution in [3.05, 3.63) is 78.4 Å². The Morgan fingerprint density at radius 2 is 1.46 bits per heavy atom. The lowest BCUT2D eigenvalue weighted by atomic mass is 10.0. The van der Waals surface area contributed by atoms with E-state index in [-0.39, 0.29) is 26.7 Å². The molecule has 0 aliphatic rings. The summed E-state index contributed by atoms with van der Waals surface area (Å²) in [7, 11) is -3.86. The van der Waals surface area contributed by atoms with Crippen LogP contribution in [0.15, 0.2) is 76.5 Å². The number of hydrogen-bond acceptors (Lipinski definition) is 3. The maximum atomic E-state index is 14.4. The van der Waals surface area contributed by atoms with Crippen molar-refractivity contribution in [2.45, 2.75) is 9.79 Å². The molecule has 0 amide bonds. The molecule has 0 saturated carbocycles. The van der Waals surface area contributed by atoms with Gasteiger partial charge in [0.05, 0.1) is 9.79 Å². The zero-order chi connectivity index (χ0) is 17.3. The molecule has 3 aromatic rings. The van der Waals surface area contributed by atoms with Gasteiger partial charge in [-0.15, -0.1) is 0 Å². The van der Waals surface area contributed by atoms with E-state index in [1.165, 1.54) is 24.3 Å². The molecule has 0 bridgehead atoms. The van der Waals surface area contributed by atoms with Gasteiger partial charge in [0.15, 0.2) is 0 Å². The highest BCUT2D eigenvalue weighted by molar-refractivity contribution is 7.91. The van der Waals surface area contributed by atoms with Crippen LogP contribution in [-0.4, -0.2) is 13.5 Å². The third kappa shape index (κ3) is 2.88. The highest BCUT2D eigenvalue weighted by Gasteiger charge is 2.20. The van der Waals surface area contributed by atoms with Gasteiger partial charge in [0.1, 0.15) is 17.4 Å². The van der Waals surface area contributed by atoms with Crippen molar-refractivity contribution in [3.63, 3.8) is 0 Å². The maximum Gasteiger partial charge on any atom is 0.206 e. The van der Waals surface area contributed by atoms with Crippen molar-refractivity contribution in [1.82, 2.24) is 0 Å². The lowest BCUT2D eigenvalue weighted by molar-refractivity contribution is 0.474. The van der Waals surface area contributed by atoms with Gasteiger partial charge in [0, 0.05) is 11.1 Å². The number of sulfone groups is 1. The molecule has 6 heteroatoms. The molecule has 0 unspecified atom stereocenters. The molecular weight excluding hydrogens is 334 g/mol. The number of halogens is 2. The first kappa shape index (κ1) is 16.1. The summed E-state index contributed by atoms with van der Waals surface area (Å²) < 4.78 is 52.7. The maximum absolute atomic E-state index is 14.4. The number of rotatable bonds is 3. The molecule has 0 heterocycles. The topological polar surface area (TPSA) is 54.4 Å². The lowest BCUT2D eigenvalue weighted by Crippen LogP contribution is -2.02. The summed E-state index contributed by atoms with van der Waals surface area (Å²) in [4.78, 5) is -0.170. The minimum absolute atomic E-state index is 0.0452. The highest BCUT2D eigenvalue weighted by Crippen LogP contribution is 2.33. The fourth-order valence-electron chi connectivity index (χ4n) is 2.34. The molecule has 0 radical (unpaired) electrons.